The molecule has 0 atom stereocenters. The van der Waals surface area contributed by atoms with E-state index in [-0.39, 0.29) is 6.54 Å². The molecular weight excluding hydrogens is 302 g/mol. The van der Waals surface area contributed by atoms with Crippen LogP contribution in [0.3, 0.4) is 0 Å². The van der Waals surface area contributed by atoms with E-state index in [4.69, 9.17) is 0 Å². The molecule has 0 spiro atoms. The number of hydrogen-bond acceptors (Lipinski definition) is 2. The van der Waals surface area contributed by atoms with Gasteiger partial charge in [0.15, 0.2) is 0 Å². The van der Waals surface area contributed by atoms with Crippen LogP contribution in [0.2, 0.25) is 0 Å². The third-order valence-electron chi connectivity index (χ3n) is 2.52. The van der Waals surface area contributed by atoms with Crippen molar-refractivity contribution < 1.29 is 8.78 Å². The Morgan fingerprint density at radius 3 is 2.67 bits per heavy atom. The first-order chi connectivity index (χ1) is 8.56. The molecule has 1 aromatic heterocycles. The minimum absolute atomic E-state index is 0.262. The van der Waals surface area contributed by atoms with E-state index in [9.17, 15) is 8.78 Å². The van der Waals surface area contributed by atoms with Crippen LogP contribution in [-0.4, -0.2) is 12.0 Å². The third-order valence-corrected chi connectivity index (χ3v) is 2.99. The fourth-order valence-electron chi connectivity index (χ4n) is 1.59. The summed E-state index contributed by atoms with van der Waals surface area (Å²) in [7, 11) is 1.78. The molecule has 0 fully saturated rings. The van der Waals surface area contributed by atoms with Gasteiger partial charge in [-0.05, 0) is 46.3 Å². The molecule has 2 nitrogen and oxygen atoms in total. The van der Waals surface area contributed by atoms with Gasteiger partial charge in [0.1, 0.15) is 17.5 Å². The summed E-state index contributed by atoms with van der Waals surface area (Å²) < 4.78 is 27.4. The maximum Gasteiger partial charge on any atom is 0.128 e. The Morgan fingerprint density at radius 1 is 1.22 bits per heavy atom. The standard InChI is InChI=1S/C13H11BrF2N2/c1-18(13-5-2-10(14)7-17-13)8-9-6-11(15)3-4-12(9)16/h2-7H,8H2,1H3. The second-order valence-electron chi connectivity index (χ2n) is 3.93. The highest BCUT2D eigenvalue weighted by molar-refractivity contribution is 9.10. The molecule has 1 aromatic carbocycles. The maximum absolute atomic E-state index is 13.5. The molecule has 0 N–H and O–H groups in total. The van der Waals surface area contributed by atoms with Crippen molar-refractivity contribution in [3.8, 4) is 0 Å². The number of halogens is 3. The summed E-state index contributed by atoms with van der Waals surface area (Å²) in [5.41, 5.74) is 0.308. The van der Waals surface area contributed by atoms with Gasteiger partial charge in [-0.3, -0.25) is 0 Å². The van der Waals surface area contributed by atoms with Gasteiger partial charge >= 0.3 is 0 Å². The summed E-state index contributed by atoms with van der Waals surface area (Å²) in [6.45, 7) is 0.262. The van der Waals surface area contributed by atoms with Crippen LogP contribution in [0.15, 0.2) is 41.0 Å². The van der Waals surface area contributed by atoms with Crippen LogP contribution in [-0.2, 0) is 6.54 Å². The molecule has 1 heterocycles. The summed E-state index contributed by atoms with van der Waals surface area (Å²) in [6, 6.07) is 7.09. The van der Waals surface area contributed by atoms with Crippen molar-refractivity contribution in [3.63, 3.8) is 0 Å². The zero-order valence-corrected chi connectivity index (χ0v) is 11.3. The zero-order chi connectivity index (χ0) is 13.1. The van der Waals surface area contributed by atoms with Crippen molar-refractivity contribution >= 4 is 21.7 Å². The lowest BCUT2D eigenvalue weighted by Gasteiger charge is -2.18. The molecule has 0 amide bonds. The van der Waals surface area contributed by atoms with Gasteiger partial charge in [-0.2, -0.15) is 0 Å². The summed E-state index contributed by atoms with van der Waals surface area (Å²) in [6.07, 6.45) is 1.66. The zero-order valence-electron chi connectivity index (χ0n) is 9.70. The Morgan fingerprint density at radius 2 is 2.00 bits per heavy atom. The number of nitrogens with zero attached hydrogens (tertiary/aromatic N) is 2. The van der Waals surface area contributed by atoms with E-state index in [1.807, 2.05) is 6.07 Å². The molecule has 0 bridgehead atoms. The Kier molecular flexibility index (Phi) is 3.91. The van der Waals surface area contributed by atoms with Crippen LogP contribution in [0.25, 0.3) is 0 Å². The first-order valence-corrected chi connectivity index (χ1v) is 6.12. The molecule has 0 saturated carbocycles. The summed E-state index contributed by atoms with van der Waals surface area (Å²) in [5.74, 6) is -0.161. The lowest BCUT2D eigenvalue weighted by molar-refractivity contribution is 0.583. The molecule has 0 saturated heterocycles. The highest BCUT2D eigenvalue weighted by atomic mass is 79.9. The normalized spacial score (nSPS) is 10.4. The second kappa shape index (κ2) is 5.44. The van der Waals surface area contributed by atoms with Crippen LogP contribution in [0, 0.1) is 11.6 Å². The number of anilines is 1. The van der Waals surface area contributed by atoms with Crippen LogP contribution in [0.5, 0.6) is 0 Å². The first kappa shape index (κ1) is 13.0. The van der Waals surface area contributed by atoms with Crippen LogP contribution >= 0.6 is 15.9 Å². The molecule has 0 aliphatic carbocycles. The van der Waals surface area contributed by atoms with Crippen molar-refractivity contribution in [2.24, 2.45) is 0 Å². The molecule has 2 rings (SSSR count). The van der Waals surface area contributed by atoms with E-state index in [1.54, 1.807) is 24.2 Å². The van der Waals surface area contributed by atoms with Crippen molar-refractivity contribution in [3.05, 3.63) is 58.2 Å². The lowest BCUT2D eigenvalue weighted by atomic mass is 10.2. The third kappa shape index (κ3) is 3.04. The average molecular weight is 313 g/mol. The molecule has 2 aromatic rings. The maximum atomic E-state index is 13.5. The SMILES string of the molecule is CN(Cc1cc(F)ccc1F)c1ccc(Br)cn1. The fraction of sp³-hybridized carbons (Fsp3) is 0.154. The van der Waals surface area contributed by atoms with E-state index >= 15 is 0 Å². The van der Waals surface area contributed by atoms with Crippen molar-refractivity contribution in [2.45, 2.75) is 6.54 Å². The Balaban J connectivity index is 2.18. The van der Waals surface area contributed by atoms with Gasteiger partial charge in [0.2, 0.25) is 0 Å². The fourth-order valence-corrected chi connectivity index (χ4v) is 1.83. The van der Waals surface area contributed by atoms with Crippen molar-refractivity contribution in [1.82, 2.24) is 4.98 Å². The number of rotatable bonds is 3. The minimum atomic E-state index is -0.441. The Hall–Kier alpha value is -1.49. The van der Waals surface area contributed by atoms with Crippen LogP contribution in [0.1, 0.15) is 5.56 Å². The molecular formula is C13H11BrF2N2. The van der Waals surface area contributed by atoms with Crippen LogP contribution < -0.4 is 4.90 Å². The second-order valence-corrected chi connectivity index (χ2v) is 4.84. The molecule has 0 radical (unpaired) electrons. The Bertz CT molecular complexity index is 543. The van der Waals surface area contributed by atoms with Gasteiger partial charge in [0.25, 0.3) is 0 Å². The van der Waals surface area contributed by atoms with Gasteiger partial charge in [0, 0.05) is 29.8 Å². The van der Waals surface area contributed by atoms with E-state index < -0.39 is 11.6 Å². The van der Waals surface area contributed by atoms with E-state index in [2.05, 4.69) is 20.9 Å². The van der Waals surface area contributed by atoms with Crippen LogP contribution in [0.4, 0.5) is 14.6 Å². The largest absolute Gasteiger partial charge is 0.355 e. The van der Waals surface area contributed by atoms with E-state index in [0.717, 1.165) is 16.6 Å². The summed E-state index contributed by atoms with van der Waals surface area (Å²) in [5, 5.41) is 0. The predicted octanol–water partition coefficient (Wildman–Crippen LogP) is 3.76. The predicted molar refractivity (Wildman–Crippen MR) is 70.4 cm³/mol. The van der Waals surface area contributed by atoms with Gasteiger partial charge in [-0.1, -0.05) is 0 Å². The molecule has 0 unspecified atom stereocenters. The highest BCUT2D eigenvalue weighted by Crippen LogP contribution is 2.17. The van der Waals surface area contributed by atoms with Gasteiger partial charge in [-0.15, -0.1) is 0 Å². The van der Waals surface area contributed by atoms with E-state index in [1.165, 1.54) is 6.07 Å². The minimum Gasteiger partial charge on any atom is -0.355 e. The van der Waals surface area contributed by atoms with Crippen molar-refractivity contribution in [2.75, 3.05) is 11.9 Å². The highest BCUT2D eigenvalue weighted by Gasteiger charge is 2.08. The molecule has 0 aliphatic heterocycles. The number of hydrogen-bond donors (Lipinski definition) is 0. The van der Waals surface area contributed by atoms with E-state index in [0.29, 0.717) is 11.4 Å². The summed E-state index contributed by atoms with van der Waals surface area (Å²) >= 11 is 3.29. The quantitative estimate of drug-likeness (QED) is 0.858. The Labute approximate surface area is 112 Å². The van der Waals surface area contributed by atoms with Gasteiger partial charge in [-0.25, -0.2) is 13.8 Å². The smallest absolute Gasteiger partial charge is 0.128 e. The number of pyridine rings is 1. The molecule has 5 heteroatoms. The van der Waals surface area contributed by atoms with Gasteiger partial charge in [0.05, 0.1) is 0 Å². The molecule has 94 valence electrons. The lowest BCUT2D eigenvalue weighted by Crippen LogP contribution is -2.18. The summed E-state index contributed by atoms with van der Waals surface area (Å²) in [4.78, 5) is 5.94. The number of aromatic nitrogens is 1. The first-order valence-electron chi connectivity index (χ1n) is 5.33. The van der Waals surface area contributed by atoms with Gasteiger partial charge < -0.3 is 4.90 Å². The average Bonchev–Trinajstić information content (AvgIpc) is 2.34. The van der Waals surface area contributed by atoms with Crippen molar-refractivity contribution in [1.29, 1.82) is 0 Å². The topological polar surface area (TPSA) is 16.1 Å². The molecule has 0 aliphatic rings. The monoisotopic (exact) mass is 312 g/mol. The molecule has 18 heavy (non-hydrogen) atoms. The number of benzene rings is 1.